The standard InChI is InChI=1S/C14H18F2N2O2/c1-2-9-4-3-5-10(6-9)17-14-12(15)7-11(18(19)20)8-13(14)16/h7-10,17H,2-6H2,1H3. The summed E-state index contributed by atoms with van der Waals surface area (Å²) in [4.78, 5) is 9.74. The third-order valence-electron chi connectivity index (χ3n) is 3.95. The van der Waals surface area contributed by atoms with E-state index >= 15 is 0 Å². The van der Waals surface area contributed by atoms with Crippen molar-refractivity contribution in [3.63, 3.8) is 0 Å². The average molecular weight is 284 g/mol. The zero-order valence-corrected chi connectivity index (χ0v) is 11.4. The molecule has 0 amide bonds. The molecule has 0 saturated heterocycles. The quantitative estimate of drug-likeness (QED) is 0.664. The number of benzene rings is 1. The molecule has 1 saturated carbocycles. The highest BCUT2D eigenvalue weighted by Crippen LogP contribution is 2.31. The van der Waals surface area contributed by atoms with Crippen LogP contribution in [0.4, 0.5) is 20.2 Å². The van der Waals surface area contributed by atoms with Crippen LogP contribution in [0.1, 0.15) is 39.0 Å². The van der Waals surface area contributed by atoms with Crippen molar-refractivity contribution in [1.82, 2.24) is 0 Å². The third kappa shape index (κ3) is 3.23. The summed E-state index contributed by atoms with van der Waals surface area (Å²) in [6.07, 6.45) is 4.99. The molecular formula is C14H18F2N2O2. The van der Waals surface area contributed by atoms with Gasteiger partial charge in [0.1, 0.15) is 5.69 Å². The summed E-state index contributed by atoms with van der Waals surface area (Å²) >= 11 is 0. The second-order valence-corrected chi connectivity index (χ2v) is 5.32. The van der Waals surface area contributed by atoms with Crippen molar-refractivity contribution in [1.29, 1.82) is 0 Å². The number of halogens is 2. The van der Waals surface area contributed by atoms with Gasteiger partial charge < -0.3 is 5.32 Å². The van der Waals surface area contributed by atoms with E-state index in [9.17, 15) is 18.9 Å². The molecule has 2 atom stereocenters. The van der Waals surface area contributed by atoms with Gasteiger partial charge in [0, 0.05) is 6.04 Å². The fourth-order valence-corrected chi connectivity index (χ4v) is 2.80. The molecule has 110 valence electrons. The maximum absolute atomic E-state index is 13.8. The first-order valence-corrected chi connectivity index (χ1v) is 6.91. The maximum atomic E-state index is 13.8. The zero-order valence-electron chi connectivity index (χ0n) is 11.4. The van der Waals surface area contributed by atoms with Gasteiger partial charge in [-0.1, -0.05) is 26.2 Å². The first kappa shape index (κ1) is 14.7. The van der Waals surface area contributed by atoms with Gasteiger partial charge in [0.05, 0.1) is 17.1 Å². The van der Waals surface area contributed by atoms with E-state index in [0.29, 0.717) is 5.92 Å². The molecule has 0 aromatic heterocycles. The van der Waals surface area contributed by atoms with Crippen LogP contribution < -0.4 is 5.32 Å². The smallest absolute Gasteiger partial charge is 0.275 e. The second-order valence-electron chi connectivity index (χ2n) is 5.32. The van der Waals surface area contributed by atoms with Crippen LogP contribution >= 0.6 is 0 Å². The summed E-state index contributed by atoms with van der Waals surface area (Å²) in [6, 6.07) is 1.54. The van der Waals surface area contributed by atoms with Crippen molar-refractivity contribution in [2.75, 3.05) is 5.32 Å². The number of nitro benzene ring substituents is 1. The summed E-state index contributed by atoms with van der Waals surface area (Å²) in [7, 11) is 0. The Morgan fingerprint density at radius 1 is 1.35 bits per heavy atom. The minimum atomic E-state index is -0.907. The summed E-state index contributed by atoms with van der Waals surface area (Å²) in [5.74, 6) is -1.24. The van der Waals surface area contributed by atoms with Gasteiger partial charge in [-0.05, 0) is 18.8 Å². The van der Waals surface area contributed by atoms with E-state index in [1.165, 1.54) is 0 Å². The molecule has 2 unspecified atom stereocenters. The number of non-ortho nitro benzene ring substituents is 1. The first-order valence-electron chi connectivity index (χ1n) is 6.91. The monoisotopic (exact) mass is 284 g/mol. The Bertz CT molecular complexity index is 485. The maximum Gasteiger partial charge on any atom is 0.275 e. The van der Waals surface area contributed by atoms with E-state index in [1.807, 2.05) is 0 Å². The van der Waals surface area contributed by atoms with Crippen LogP contribution in [-0.4, -0.2) is 11.0 Å². The van der Waals surface area contributed by atoms with Crippen molar-refractivity contribution in [3.05, 3.63) is 33.9 Å². The molecule has 20 heavy (non-hydrogen) atoms. The molecule has 1 aromatic carbocycles. The van der Waals surface area contributed by atoms with E-state index in [-0.39, 0.29) is 11.7 Å². The number of nitrogens with zero attached hydrogens (tertiary/aromatic N) is 1. The lowest BCUT2D eigenvalue weighted by Gasteiger charge is -2.30. The molecule has 0 bridgehead atoms. The molecule has 2 rings (SSSR count). The van der Waals surface area contributed by atoms with Crippen LogP contribution in [0.3, 0.4) is 0 Å². The van der Waals surface area contributed by atoms with Crippen molar-refractivity contribution in [2.45, 2.75) is 45.1 Å². The number of anilines is 1. The molecule has 1 aliphatic carbocycles. The molecule has 0 heterocycles. The minimum absolute atomic E-state index is 0.0270. The summed E-state index contributed by atoms with van der Waals surface area (Å²) in [5, 5.41) is 13.4. The predicted molar refractivity (Wildman–Crippen MR) is 72.7 cm³/mol. The van der Waals surface area contributed by atoms with Gasteiger partial charge in [0.25, 0.3) is 5.69 Å². The normalized spacial score (nSPS) is 22.6. The average Bonchev–Trinajstić information content (AvgIpc) is 2.42. The van der Waals surface area contributed by atoms with Crippen molar-refractivity contribution in [3.8, 4) is 0 Å². The predicted octanol–water partition coefficient (Wildman–Crippen LogP) is 4.25. The molecule has 0 spiro atoms. The largest absolute Gasteiger partial charge is 0.378 e. The van der Waals surface area contributed by atoms with E-state index in [0.717, 1.165) is 44.2 Å². The van der Waals surface area contributed by atoms with Crippen LogP contribution in [0.5, 0.6) is 0 Å². The molecule has 6 heteroatoms. The molecule has 4 nitrogen and oxygen atoms in total. The highest BCUT2D eigenvalue weighted by atomic mass is 19.1. The highest BCUT2D eigenvalue weighted by molar-refractivity contribution is 5.52. The van der Waals surface area contributed by atoms with Crippen molar-refractivity contribution in [2.24, 2.45) is 5.92 Å². The van der Waals surface area contributed by atoms with Gasteiger partial charge in [-0.25, -0.2) is 8.78 Å². The van der Waals surface area contributed by atoms with Gasteiger partial charge in [0.2, 0.25) is 0 Å². The van der Waals surface area contributed by atoms with Crippen molar-refractivity contribution < 1.29 is 13.7 Å². The highest BCUT2D eigenvalue weighted by Gasteiger charge is 2.24. The topological polar surface area (TPSA) is 55.2 Å². The molecule has 0 radical (unpaired) electrons. The Kier molecular flexibility index (Phi) is 4.52. The van der Waals surface area contributed by atoms with Crippen LogP contribution in [0.2, 0.25) is 0 Å². The van der Waals surface area contributed by atoms with Gasteiger partial charge >= 0.3 is 0 Å². The molecule has 1 aromatic rings. The SMILES string of the molecule is CCC1CCCC(Nc2c(F)cc([N+](=O)[O-])cc2F)C1. The molecule has 1 N–H and O–H groups in total. The molecule has 1 fully saturated rings. The number of hydrogen-bond donors (Lipinski definition) is 1. The summed E-state index contributed by atoms with van der Waals surface area (Å²) in [5.41, 5.74) is -0.821. The lowest BCUT2D eigenvalue weighted by Crippen LogP contribution is -2.28. The number of nitro groups is 1. The minimum Gasteiger partial charge on any atom is -0.378 e. The Morgan fingerprint density at radius 3 is 2.55 bits per heavy atom. The Hall–Kier alpha value is -1.72. The summed E-state index contributed by atoms with van der Waals surface area (Å²) in [6.45, 7) is 2.11. The summed E-state index contributed by atoms with van der Waals surface area (Å²) < 4.78 is 27.6. The van der Waals surface area contributed by atoms with Crippen LogP contribution in [0.15, 0.2) is 12.1 Å². The zero-order chi connectivity index (χ0) is 14.7. The van der Waals surface area contributed by atoms with E-state index in [2.05, 4.69) is 12.2 Å². The first-order chi connectivity index (χ1) is 9.51. The van der Waals surface area contributed by atoms with Crippen LogP contribution in [-0.2, 0) is 0 Å². The van der Waals surface area contributed by atoms with Gasteiger partial charge in [-0.2, -0.15) is 0 Å². The Labute approximate surface area is 116 Å². The Balaban J connectivity index is 2.15. The molecular weight excluding hydrogens is 266 g/mol. The lowest BCUT2D eigenvalue weighted by atomic mass is 9.84. The Morgan fingerprint density at radius 2 is 2.00 bits per heavy atom. The van der Waals surface area contributed by atoms with E-state index in [4.69, 9.17) is 0 Å². The van der Waals surface area contributed by atoms with E-state index in [1.54, 1.807) is 0 Å². The number of nitrogens with one attached hydrogen (secondary N) is 1. The van der Waals surface area contributed by atoms with Crippen molar-refractivity contribution >= 4 is 11.4 Å². The molecule has 0 aliphatic heterocycles. The fraction of sp³-hybridized carbons (Fsp3) is 0.571. The van der Waals surface area contributed by atoms with Gasteiger partial charge in [0.15, 0.2) is 11.6 Å². The second kappa shape index (κ2) is 6.15. The van der Waals surface area contributed by atoms with Crippen LogP contribution in [0, 0.1) is 27.7 Å². The number of hydrogen-bond acceptors (Lipinski definition) is 3. The lowest BCUT2D eigenvalue weighted by molar-refractivity contribution is -0.385. The third-order valence-corrected chi connectivity index (χ3v) is 3.95. The van der Waals surface area contributed by atoms with Gasteiger partial charge in [-0.15, -0.1) is 0 Å². The fourth-order valence-electron chi connectivity index (χ4n) is 2.80. The van der Waals surface area contributed by atoms with Crippen LogP contribution in [0.25, 0.3) is 0 Å². The van der Waals surface area contributed by atoms with E-state index < -0.39 is 22.2 Å². The molecule has 1 aliphatic rings. The number of rotatable bonds is 4. The van der Waals surface area contributed by atoms with Gasteiger partial charge in [-0.3, -0.25) is 10.1 Å².